The van der Waals surface area contributed by atoms with Crippen LogP contribution in [-0.2, 0) is 17.1 Å². The molecule has 4 nitrogen and oxygen atoms in total. The molecule has 0 amide bonds. The van der Waals surface area contributed by atoms with Crippen molar-refractivity contribution in [1.29, 1.82) is 0 Å². The Bertz CT molecular complexity index is 1000. The number of aryl methyl sites for hydroxylation is 2. The summed E-state index contributed by atoms with van der Waals surface area (Å²) in [6, 6.07) is 14.1. The first-order valence-electron chi connectivity index (χ1n) is 8.08. The van der Waals surface area contributed by atoms with Gasteiger partial charge < -0.3 is 4.57 Å². The molecule has 3 heterocycles. The molecule has 3 aromatic rings. The van der Waals surface area contributed by atoms with E-state index in [4.69, 9.17) is 0 Å². The molecular formula is C18H20N2O2S2. The summed E-state index contributed by atoms with van der Waals surface area (Å²) in [4.78, 5) is 1.03. The van der Waals surface area contributed by atoms with Gasteiger partial charge in [0.25, 0.3) is 10.0 Å². The summed E-state index contributed by atoms with van der Waals surface area (Å²) in [5.41, 5.74) is 2.42. The number of fused-ring (bicyclic) bond motifs is 1. The van der Waals surface area contributed by atoms with E-state index in [1.165, 1.54) is 27.9 Å². The Morgan fingerprint density at radius 1 is 1.17 bits per heavy atom. The summed E-state index contributed by atoms with van der Waals surface area (Å²) in [5, 5.41) is 1.21. The van der Waals surface area contributed by atoms with E-state index in [1.807, 2.05) is 25.1 Å². The number of aromatic nitrogens is 1. The third-order valence-electron chi connectivity index (χ3n) is 4.87. The maximum absolute atomic E-state index is 12.8. The zero-order valence-corrected chi connectivity index (χ0v) is 15.4. The van der Waals surface area contributed by atoms with Gasteiger partial charge in [-0.3, -0.25) is 0 Å². The first kappa shape index (κ1) is 15.9. The van der Waals surface area contributed by atoms with Gasteiger partial charge in [0.1, 0.15) is 4.21 Å². The Hall–Kier alpha value is -1.63. The van der Waals surface area contributed by atoms with Gasteiger partial charge in [0.2, 0.25) is 0 Å². The second-order valence-electron chi connectivity index (χ2n) is 6.40. The molecule has 1 aliphatic rings. The van der Waals surface area contributed by atoms with Crippen molar-refractivity contribution in [3.8, 4) is 0 Å². The van der Waals surface area contributed by atoms with Gasteiger partial charge in [0, 0.05) is 42.1 Å². The topological polar surface area (TPSA) is 42.3 Å². The van der Waals surface area contributed by atoms with E-state index in [0.29, 0.717) is 17.3 Å². The van der Waals surface area contributed by atoms with Crippen LogP contribution < -0.4 is 0 Å². The summed E-state index contributed by atoms with van der Waals surface area (Å²) in [6.07, 6.45) is 0.869. The molecule has 0 saturated carbocycles. The fourth-order valence-corrected chi connectivity index (χ4v) is 6.51. The van der Waals surface area contributed by atoms with Crippen molar-refractivity contribution in [3.63, 3.8) is 0 Å². The zero-order chi connectivity index (χ0) is 16.9. The van der Waals surface area contributed by atoms with Gasteiger partial charge in [-0.15, -0.1) is 11.3 Å². The first-order valence-corrected chi connectivity index (χ1v) is 10.3. The van der Waals surface area contributed by atoms with Gasteiger partial charge in [0.15, 0.2) is 0 Å². The highest BCUT2D eigenvalue weighted by Gasteiger charge is 2.35. The quantitative estimate of drug-likeness (QED) is 0.714. The number of nitrogens with zero attached hydrogens (tertiary/aromatic N) is 2. The largest absolute Gasteiger partial charge is 0.347 e. The highest BCUT2D eigenvalue weighted by molar-refractivity contribution is 7.91. The Balaban J connectivity index is 1.63. The standard InChI is InChI=1S/C18H20N2O2S2/c1-13-7-8-18(23-13)24(21,22)20-10-9-15(12-20)17-11-14-5-3-4-6-16(14)19(17)2/h3-8,11,15H,9-10,12H2,1-2H3. The maximum atomic E-state index is 12.8. The molecule has 6 heteroatoms. The molecule has 1 atom stereocenters. The van der Waals surface area contributed by atoms with Gasteiger partial charge in [-0.2, -0.15) is 4.31 Å². The van der Waals surface area contributed by atoms with Crippen LogP contribution in [0.4, 0.5) is 0 Å². The fourth-order valence-electron chi connectivity index (χ4n) is 3.57. The summed E-state index contributed by atoms with van der Waals surface area (Å²) in [5.74, 6) is 0.248. The second-order valence-corrected chi connectivity index (χ2v) is 9.85. The van der Waals surface area contributed by atoms with Crippen molar-refractivity contribution in [2.45, 2.75) is 23.5 Å². The Kier molecular flexibility index (Phi) is 3.78. The third kappa shape index (κ3) is 2.49. The van der Waals surface area contributed by atoms with Crippen LogP contribution in [0.5, 0.6) is 0 Å². The average Bonchev–Trinajstić information content (AvgIpc) is 3.27. The molecule has 1 aromatic carbocycles. The monoisotopic (exact) mass is 360 g/mol. The van der Waals surface area contributed by atoms with E-state index >= 15 is 0 Å². The van der Waals surface area contributed by atoms with Gasteiger partial charge in [-0.25, -0.2) is 8.42 Å². The van der Waals surface area contributed by atoms with Crippen LogP contribution in [0.2, 0.25) is 0 Å². The van der Waals surface area contributed by atoms with Crippen molar-refractivity contribution in [2.24, 2.45) is 7.05 Å². The molecule has 126 valence electrons. The minimum Gasteiger partial charge on any atom is -0.347 e. The molecule has 1 unspecified atom stereocenters. The molecular weight excluding hydrogens is 340 g/mol. The van der Waals surface area contributed by atoms with Crippen molar-refractivity contribution in [3.05, 3.63) is 53.0 Å². The summed E-state index contributed by atoms with van der Waals surface area (Å²) >= 11 is 1.35. The molecule has 24 heavy (non-hydrogen) atoms. The van der Waals surface area contributed by atoms with Crippen LogP contribution in [0.25, 0.3) is 10.9 Å². The van der Waals surface area contributed by atoms with Crippen LogP contribution in [-0.4, -0.2) is 30.4 Å². The lowest BCUT2D eigenvalue weighted by molar-refractivity contribution is 0.473. The van der Waals surface area contributed by atoms with E-state index in [0.717, 1.165) is 11.3 Å². The SMILES string of the molecule is Cc1ccc(S(=O)(=O)N2CCC(c3cc4ccccc4n3C)C2)s1. The molecule has 0 radical (unpaired) electrons. The third-order valence-corrected chi connectivity index (χ3v) is 8.20. The van der Waals surface area contributed by atoms with Crippen LogP contribution >= 0.6 is 11.3 Å². The Morgan fingerprint density at radius 2 is 1.96 bits per heavy atom. The minimum atomic E-state index is -3.36. The maximum Gasteiger partial charge on any atom is 0.252 e. The van der Waals surface area contributed by atoms with Crippen molar-refractivity contribution >= 4 is 32.3 Å². The summed E-state index contributed by atoms with van der Waals surface area (Å²) in [7, 11) is -1.29. The summed E-state index contributed by atoms with van der Waals surface area (Å²) < 4.78 is 29.9. The van der Waals surface area contributed by atoms with Gasteiger partial charge in [0.05, 0.1) is 0 Å². The molecule has 1 saturated heterocycles. The highest BCUT2D eigenvalue weighted by atomic mass is 32.2. The molecule has 0 N–H and O–H groups in total. The Morgan fingerprint density at radius 3 is 2.67 bits per heavy atom. The van der Waals surface area contributed by atoms with Crippen LogP contribution in [0, 0.1) is 6.92 Å². The molecule has 0 bridgehead atoms. The number of para-hydroxylation sites is 1. The van der Waals surface area contributed by atoms with Crippen molar-refractivity contribution < 1.29 is 8.42 Å². The average molecular weight is 361 g/mol. The zero-order valence-electron chi connectivity index (χ0n) is 13.8. The predicted molar refractivity (Wildman–Crippen MR) is 98.1 cm³/mol. The fraction of sp³-hybridized carbons (Fsp3) is 0.333. The number of rotatable bonds is 3. The van der Waals surface area contributed by atoms with E-state index in [9.17, 15) is 8.42 Å². The van der Waals surface area contributed by atoms with E-state index in [2.05, 4.69) is 29.8 Å². The van der Waals surface area contributed by atoms with Gasteiger partial charge in [-0.1, -0.05) is 18.2 Å². The van der Waals surface area contributed by atoms with Crippen molar-refractivity contribution in [1.82, 2.24) is 8.87 Å². The smallest absolute Gasteiger partial charge is 0.252 e. The predicted octanol–water partition coefficient (Wildman–Crippen LogP) is 3.73. The normalized spacial score (nSPS) is 19.3. The number of sulfonamides is 1. The molecule has 4 rings (SSSR count). The van der Waals surface area contributed by atoms with Crippen LogP contribution in [0.15, 0.2) is 46.7 Å². The van der Waals surface area contributed by atoms with Gasteiger partial charge in [-0.05, 0) is 43.0 Å². The lowest BCUT2D eigenvalue weighted by Crippen LogP contribution is -2.28. The van der Waals surface area contributed by atoms with E-state index in [1.54, 1.807) is 10.4 Å². The number of hydrogen-bond acceptors (Lipinski definition) is 3. The molecule has 0 aliphatic carbocycles. The number of hydrogen-bond donors (Lipinski definition) is 0. The highest BCUT2D eigenvalue weighted by Crippen LogP contribution is 2.35. The molecule has 1 aliphatic heterocycles. The van der Waals surface area contributed by atoms with Crippen molar-refractivity contribution in [2.75, 3.05) is 13.1 Å². The lowest BCUT2D eigenvalue weighted by atomic mass is 10.1. The van der Waals surface area contributed by atoms with Crippen LogP contribution in [0.1, 0.15) is 22.9 Å². The summed E-state index contributed by atoms with van der Waals surface area (Å²) in [6.45, 7) is 3.08. The minimum absolute atomic E-state index is 0.248. The first-order chi connectivity index (χ1) is 11.5. The van der Waals surface area contributed by atoms with Crippen LogP contribution in [0.3, 0.4) is 0 Å². The van der Waals surface area contributed by atoms with E-state index in [-0.39, 0.29) is 5.92 Å². The number of benzene rings is 1. The molecule has 1 fully saturated rings. The second kappa shape index (κ2) is 5.72. The van der Waals surface area contributed by atoms with Gasteiger partial charge >= 0.3 is 0 Å². The Labute approximate surface area is 146 Å². The lowest BCUT2D eigenvalue weighted by Gasteiger charge is -2.16. The molecule has 2 aromatic heterocycles. The number of thiophene rings is 1. The van der Waals surface area contributed by atoms with E-state index < -0.39 is 10.0 Å². The molecule has 0 spiro atoms.